The largest absolute Gasteiger partial charge is 0.480 e. The van der Waals surface area contributed by atoms with Crippen LogP contribution in [0, 0.1) is 50.2 Å². The first-order chi connectivity index (χ1) is 25.6. The van der Waals surface area contributed by atoms with Crippen LogP contribution in [0.4, 0.5) is 0 Å². The summed E-state index contributed by atoms with van der Waals surface area (Å²) in [5.74, 6) is -2.15. The van der Waals surface area contributed by atoms with E-state index in [0.29, 0.717) is 24.8 Å². The number of benzene rings is 1. The predicted molar refractivity (Wildman–Crippen MR) is 209 cm³/mol. The standard InChI is InChI=1S/C45H64N2O8/c1-27(36(49)50)47-35(48)14-11-25-46-39(54)45-23-21-40(2,3)26-31(45)30-15-16-33-42(6)19-18-34(55-38(53)29-13-10-9-12-28(29)37(51)52)41(4,5)32(42)17-20-44(33,8)43(30,7)22-24-45/h9-10,12-13,15,27,31-34H,11,14,16-26H2,1-8H3,(H,46,54)(H,47,48)(H,49,50)(H,51,52)/t27-,31?,32?,33?,34-,42-,43+,44+,45-/m0/s1. The van der Waals surface area contributed by atoms with Gasteiger partial charge in [-0.3, -0.25) is 14.4 Å². The van der Waals surface area contributed by atoms with Crippen molar-refractivity contribution >= 4 is 29.7 Å². The van der Waals surface area contributed by atoms with Crippen LogP contribution in [0.25, 0.3) is 0 Å². The molecule has 4 N–H and O–H groups in total. The topological polar surface area (TPSA) is 159 Å². The van der Waals surface area contributed by atoms with Crippen molar-refractivity contribution < 1.29 is 38.9 Å². The van der Waals surface area contributed by atoms with Crippen LogP contribution in [-0.2, 0) is 19.1 Å². The van der Waals surface area contributed by atoms with Crippen molar-refractivity contribution in [2.45, 2.75) is 145 Å². The molecule has 2 amide bonds. The third kappa shape index (κ3) is 6.81. The fourth-order valence-electron chi connectivity index (χ4n) is 12.9. The number of carbonyl (C=O) groups is 5. The lowest BCUT2D eigenvalue weighted by Crippen LogP contribution is -2.65. The van der Waals surface area contributed by atoms with Gasteiger partial charge in [0.05, 0.1) is 16.5 Å². The summed E-state index contributed by atoms with van der Waals surface area (Å²) in [6, 6.07) is 5.33. The maximum Gasteiger partial charge on any atom is 0.339 e. The maximum atomic E-state index is 14.4. The Hall–Kier alpha value is -3.69. The van der Waals surface area contributed by atoms with Gasteiger partial charge in [-0.25, -0.2) is 9.59 Å². The molecule has 9 atom stereocenters. The number of hydrogen-bond donors (Lipinski definition) is 4. The zero-order chi connectivity index (χ0) is 40.4. The lowest BCUT2D eigenvalue weighted by atomic mass is 9.33. The molecule has 1 aromatic rings. The van der Waals surface area contributed by atoms with E-state index in [9.17, 15) is 29.1 Å². The monoisotopic (exact) mass is 760 g/mol. The minimum absolute atomic E-state index is 0.00964. The first kappa shape index (κ1) is 41.0. The van der Waals surface area contributed by atoms with Gasteiger partial charge in [0.15, 0.2) is 0 Å². The summed E-state index contributed by atoms with van der Waals surface area (Å²) in [4.78, 5) is 63.2. The Morgan fingerprint density at radius 1 is 0.855 bits per heavy atom. The Morgan fingerprint density at radius 3 is 2.20 bits per heavy atom. The Bertz CT molecular complexity index is 1770. The highest BCUT2D eigenvalue weighted by Gasteiger charge is 2.69. The molecule has 0 aromatic heterocycles. The fourth-order valence-corrected chi connectivity index (χ4v) is 12.9. The summed E-state index contributed by atoms with van der Waals surface area (Å²) < 4.78 is 6.23. The third-order valence-electron chi connectivity index (χ3n) is 16.3. The summed E-state index contributed by atoms with van der Waals surface area (Å²) in [5.41, 5.74) is 0.797. The van der Waals surface area contributed by atoms with Gasteiger partial charge in [-0.1, -0.05) is 72.2 Å². The number of hydrogen-bond acceptors (Lipinski definition) is 6. The number of carbonyl (C=O) groups excluding carboxylic acids is 3. The van der Waals surface area contributed by atoms with Crippen molar-refractivity contribution in [1.82, 2.24) is 10.6 Å². The molecule has 0 bridgehead atoms. The highest BCUT2D eigenvalue weighted by molar-refractivity contribution is 6.02. The number of allylic oxidation sites excluding steroid dienone is 2. The molecule has 302 valence electrons. The molecule has 0 saturated heterocycles. The van der Waals surface area contributed by atoms with Crippen molar-refractivity contribution in [3.63, 3.8) is 0 Å². The first-order valence-electron chi connectivity index (χ1n) is 20.7. The van der Waals surface area contributed by atoms with Crippen molar-refractivity contribution in [3.8, 4) is 0 Å². The molecule has 0 spiro atoms. The van der Waals surface area contributed by atoms with Crippen LogP contribution < -0.4 is 10.6 Å². The lowest BCUT2D eigenvalue weighted by Gasteiger charge is -2.71. The molecule has 0 aliphatic heterocycles. The summed E-state index contributed by atoms with van der Waals surface area (Å²) >= 11 is 0. The van der Waals surface area contributed by atoms with Gasteiger partial charge in [0.25, 0.3) is 0 Å². The average Bonchev–Trinajstić information content (AvgIpc) is 3.11. The van der Waals surface area contributed by atoms with Crippen LogP contribution in [0.3, 0.4) is 0 Å². The molecule has 1 aromatic carbocycles. The number of nitrogens with one attached hydrogen (secondary N) is 2. The zero-order valence-electron chi connectivity index (χ0n) is 34.3. The van der Waals surface area contributed by atoms with E-state index in [1.54, 1.807) is 12.1 Å². The van der Waals surface area contributed by atoms with Crippen LogP contribution in [0.15, 0.2) is 35.9 Å². The number of ether oxygens (including phenoxy) is 1. The van der Waals surface area contributed by atoms with Crippen LogP contribution >= 0.6 is 0 Å². The van der Waals surface area contributed by atoms with E-state index in [4.69, 9.17) is 9.84 Å². The van der Waals surface area contributed by atoms with Crippen molar-refractivity contribution in [1.29, 1.82) is 0 Å². The van der Waals surface area contributed by atoms with Crippen molar-refractivity contribution in [2.24, 2.45) is 50.2 Å². The Morgan fingerprint density at radius 2 is 1.53 bits per heavy atom. The summed E-state index contributed by atoms with van der Waals surface area (Å²) in [6.45, 7) is 18.5. The number of rotatable bonds is 10. The van der Waals surface area contributed by atoms with E-state index >= 15 is 0 Å². The second kappa shape index (κ2) is 14.4. The van der Waals surface area contributed by atoms with Gasteiger partial charge < -0.3 is 25.6 Å². The smallest absolute Gasteiger partial charge is 0.339 e. The molecule has 10 nitrogen and oxygen atoms in total. The molecular formula is C45H64N2O8. The highest BCUT2D eigenvalue weighted by atomic mass is 16.5. The van der Waals surface area contributed by atoms with Gasteiger partial charge in [0, 0.05) is 18.4 Å². The van der Waals surface area contributed by atoms with Crippen molar-refractivity contribution in [3.05, 3.63) is 47.0 Å². The normalized spacial score (nSPS) is 36.3. The van der Waals surface area contributed by atoms with Gasteiger partial charge >= 0.3 is 17.9 Å². The van der Waals surface area contributed by atoms with E-state index in [2.05, 4.69) is 65.2 Å². The molecule has 3 unspecified atom stereocenters. The number of carboxylic acid groups (broad SMARTS) is 2. The Balaban J connectivity index is 1.22. The second-order valence-corrected chi connectivity index (χ2v) is 20.0. The van der Waals surface area contributed by atoms with Gasteiger partial charge in [-0.15, -0.1) is 0 Å². The van der Waals surface area contributed by atoms with E-state index in [0.717, 1.165) is 64.2 Å². The number of aliphatic carboxylic acids is 1. The molecule has 4 saturated carbocycles. The quantitative estimate of drug-likeness (QED) is 0.106. The Kier molecular flexibility index (Phi) is 10.7. The predicted octanol–water partition coefficient (Wildman–Crippen LogP) is 8.20. The maximum absolute atomic E-state index is 14.4. The lowest BCUT2D eigenvalue weighted by molar-refractivity contribution is -0.204. The van der Waals surface area contributed by atoms with Crippen LogP contribution in [-0.4, -0.2) is 58.6 Å². The molecule has 10 heteroatoms. The van der Waals surface area contributed by atoms with E-state index in [1.807, 2.05) is 0 Å². The van der Waals surface area contributed by atoms with E-state index in [-0.39, 0.29) is 68.5 Å². The van der Waals surface area contributed by atoms with Crippen molar-refractivity contribution in [2.75, 3.05) is 6.54 Å². The molecular weight excluding hydrogens is 697 g/mol. The van der Waals surface area contributed by atoms with E-state index in [1.165, 1.54) is 24.6 Å². The minimum Gasteiger partial charge on any atom is -0.480 e. The molecule has 5 aliphatic carbocycles. The first-order valence-corrected chi connectivity index (χ1v) is 20.7. The summed E-state index contributed by atoms with van der Waals surface area (Å²) in [7, 11) is 0. The van der Waals surface area contributed by atoms with Crippen LogP contribution in [0.2, 0.25) is 0 Å². The van der Waals surface area contributed by atoms with Gasteiger partial charge in [-0.2, -0.15) is 0 Å². The van der Waals surface area contributed by atoms with E-state index < -0.39 is 29.4 Å². The van der Waals surface area contributed by atoms with Crippen LogP contribution in [0.1, 0.15) is 153 Å². The summed E-state index contributed by atoms with van der Waals surface area (Å²) in [5, 5.41) is 24.6. The molecule has 0 heterocycles. The zero-order valence-corrected chi connectivity index (χ0v) is 34.3. The SMILES string of the molecule is C[C@H](NC(=O)CCCNC(=O)[C@]12CCC(C)(C)CC1C1=CCC3[C@@]4(C)CC[C@H](OC(=O)c5ccccc5C(=O)O)C(C)(C)C4CC[C@@]3(C)[C@]1(C)CC2)C(=O)O. The number of aromatic carboxylic acids is 1. The second-order valence-electron chi connectivity index (χ2n) is 20.0. The third-order valence-corrected chi connectivity index (χ3v) is 16.3. The number of esters is 1. The molecule has 6 rings (SSSR count). The van der Waals surface area contributed by atoms with Gasteiger partial charge in [0.2, 0.25) is 11.8 Å². The Labute approximate surface area is 327 Å². The highest BCUT2D eigenvalue weighted by Crippen LogP contribution is 2.76. The fraction of sp³-hybridized carbons (Fsp3) is 0.711. The molecule has 0 radical (unpaired) electrons. The van der Waals surface area contributed by atoms with Gasteiger partial charge in [0.1, 0.15) is 12.1 Å². The number of amides is 2. The summed E-state index contributed by atoms with van der Waals surface area (Å²) in [6.07, 6.45) is 12.1. The number of carboxylic acids is 2. The van der Waals surface area contributed by atoms with Gasteiger partial charge in [-0.05, 0) is 129 Å². The number of fused-ring (bicyclic) bond motifs is 7. The van der Waals surface area contributed by atoms with Crippen LogP contribution in [0.5, 0.6) is 0 Å². The molecule has 4 fully saturated rings. The molecule has 55 heavy (non-hydrogen) atoms. The average molecular weight is 761 g/mol. The minimum atomic E-state index is -1.14. The molecule has 5 aliphatic rings.